The van der Waals surface area contributed by atoms with E-state index >= 15 is 0 Å². The summed E-state index contributed by atoms with van der Waals surface area (Å²) in [7, 11) is 0. The maximum Gasteiger partial charge on any atom is 0.00412 e. The zero-order valence-corrected chi connectivity index (χ0v) is 13.8. The lowest BCUT2D eigenvalue weighted by atomic mass is 9.92. The maximum absolute atomic E-state index is 2.58. The highest BCUT2D eigenvalue weighted by Gasteiger charge is 2.16. The van der Waals surface area contributed by atoms with E-state index in [1.807, 2.05) is 0 Å². The van der Waals surface area contributed by atoms with E-state index in [1.165, 1.54) is 29.7 Å². The van der Waals surface area contributed by atoms with Crippen LogP contribution in [0, 0.1) is 13.8 Å². The van der Waals surface area contributed by atoms with Crippen molar-refractivity contribution in [2.75, 3.05) is 6.54 Å². The predicted octanol–water partition coefficient (Wildman–Crippen LogP) is 4.92. The molecule has 108 valence electrons. The van der Waals surface area contributed by atoms with Crippen LogP contribution in [0.25, 0.3) is 0 Å². The van der Waals surface area contributed by atoms with Crippen LogP contribution < -0.4 is 0 Å². The Hall–Kier alpha value is -0.820. The van der Waals surface area contributed by atoms with Crippen molar-refractivity contribution in [3.8, 4) is 0 Å². The number of aryl methyl sites for hydroxylation is 2. The summed E-state index contributed by atoms with van der Waals surface area (Å²) in [6, 6.07) is 8.08. The molecule has 1 nitrogen and oxygen atoms in total. The molecular weight excluding hydrogens is 230 g/mol. The Labute approximate surface area is 120 Å². The van der Waals surface area contributed by atoms with Crippen LogP contribution in [0.5, 0.6) is 0 Å². The van der Waals surface area contributed by atoms with Crippen molar-refractivity contribution in [3.63, 3.8) is 0 Å². The van der Waals surface area contributed by atoms with Crippen LogP contribution >= 0.6 is 0 Å². The summed E-state index contributed by atoms with van der Waals surface area (Å²) >= 11 is 0. The average Bonchev–Trinajstić information content (AvgIpc) is 2.31. The Bertz CT molecular complexity index is 385. The SMILES string of the molecule is Cc1ccc(C)c([C@@H](C)CCN(C(C)C)C(C)C)c1. The molecule has 1 atom stereocenters. The lowest BCUT2D eigenvalue weighted by Gasteiger charge is -2.31. The summed E-state index contributed by atoms with van der Waals surface area (Å²) < 4.78 is 0. The molecule has 0 aliphatic heterocycles. The minimum absolute atomic E-state index is 0.630. The van der Waals surface area contributed by atoms with E-state index in [9.17, 15) is 0 Å². The Balaban J connectivity index is 2.69. The second-order valence-electron chi connectivity index (χ2n) is 6.48. The van der Waals surface area contributed by atoms with Crippen molar-refractivity contribution >= 4 is 0 Å². The Kier molecular flexibility index (Phi) is 6.06. The highest BCUT2D eigenvalue weighted by molar-refractivity contribution is 5.32. The molecule has 1 heteroatoms. The fourth-order valence-corrected chi connectivity index (χ4v) is 2.90. The smallest absolute Gasteiger partial charge is 0.00412 e. The van der Waals surface area contributed by atoms with Gasteiger partial charge in [0.25, 0.3) is 0 Å². The third kappa shape index (κ3) is 4.65. The third-order valence-corrected chi connectivity index (χ3v) is 4.11. The van der Waals surface area contributed by atoms with Gasteiger partial charge in [-0.1, -0.05) is 30.7 Å². The van der Waals surface area contributed by atoms with Crippen molar-refractivity contribution in [2.24, 2.45) is 0 Å². The lowest BCUT2D eigenvalue weighted by Crippen LogP contribution is -2.38. The Morgan fingerprint density at radius 1 is 0.947 bits per heavy atom. The fourth-order valence-electron chi connectivity index (χ4n) is 2.90. The molecule has 0 unspecified atom stereocenters. The van der Waals surface area contributed by atoms with Crippen LogP contribution in [0.2, 0.25) is 0 Å². The molecule has 0 bridgehead atoms. The molecule has 0 fully saturated rings. The van der Waals surface area contributed by atoms with Crippen LogP contribution in [0.4, 0.5) is 0 Å². The van der Waals surface area contributed by atoms with Crippen molar-refractivity contribution in [2.45, 2.75) is 72.9 Å². The first-order valence-corrected chi connectivity index (χ1v) is 7.65. The molecule has 0 radical (unpaired) electrons. The van der Waals surface area contributed by atoms with E-state index < -0.39 is 0 Å². The quantitative estimate of drug-likeness (QED) is 0.703. The van der Waals surface area contributed by atoms with Gasteiger partial charge in [0.2, 0.25) is 0 Å². The number of rotatable bonds is 6. The van der Waals surface area contributed by atoms with E-state index in [2.05, 4.69) is 71.6 Å². The Morgan fingerprint density at radius 3 is 2.05 bits per heavy atom. The molecule has 0 heterocycles. The maximum atomic E-state index is 2.58. The zero-order valence-electron chi connectivity index (χ0n) is 13.8. The highest BCUT2D eigenvalue weighted by atomic mass is 15.2. The molecule has 0 saturated heterocycles. The molecule has 0 aromatic heterocycles. The van der Waals surface area contributed by atoms with Gasteiger partial charge in [0.15, 0.2) is 0 Å². The van der Waals surface area contributed by atoms with Crippen LogP contribution in [-0.2, 0) is 0 Å². The number of nitrogens with zero attached hydrogens (tertiary/aromatic N) is 1. The lowest BCUT2D eigenvalue weighted by molar-refractivity contribution is 0.169. The van der Waals surface area contributed by atoms with Crippen molar-refractivity contribution < 1.29 is 0 Å². The van der Waals surface area contributed by atoms with Crippen LogP contribution in [-0.4, -0.2) is 23.5 Å². The van der Waals surface area contributed by atoms with E-state index in [1.54, 1.807) is 0 Å². The summed E-state index contributed by atoms with van der Waals surface area (Å²) in [6.45, 7) is 17.1. The van der Waals surface area contributed by atoms with Crippen LogP contribution in [0.1, 0.15) is 63.6 Å². The number of benzene rings is 1. The average molecular weight is 261 g/mol. The second kappa shape index (κ2) is 7.09. The minimum atomic E-state index is 0.630. The summed E-state index contributed by atoms with van der Waals surface area (Å²) in [5.41, 5.74) is 4.32. The zero-order chi connectivity index (χ0) is 14.6. The second-order valence-corrected chi connectivity index (χ2v) is 6.48. The normalized spacial score (nSPS) is 13.6. The summed E-state index contributed by atoms with van der Waals surface area (Å²) in [4.78, 5) is 2.58. The van der Waals surface area contributed by atoms with Gasteiger partial charge in [0.05, 0.1) is 0 Å². The highest BCUT2D eigenvalue weighted by Crippen LogP contribution is 2.24. The van der Waals surface area contributed by atoms with E-state index in [0.29, 0.717) is 18.0 Å². The van der Waals surface area contributed by atoms with Gasteiger partial charge in [0, 0.05) is 12.1 Å². The van der Waals surface area contributed by atoms with Crippen molar-refractivity contribution in [1.29, 1.82) is 0 Å². The molecule has 0 amide bonds. The minimum Gasteiger partial charge on any atom is -0.299 e. The Morgan fingerprint density at radius 2 is 1.53 bits per heavy atom. The van der Waals surface area contributed by atoms with Gasteiger partial charge in [-0.2, -0.15) is 0 Å². The van der Waals surface area contributed by atoms with Gasteiger partial charge < -0.3 is 0 Å². The molecule has 1 aromatic carbocycles. The molecule has 0 spiro atoms. The standard InChI is InChI=1S/C18H31N/c1-13(2)19(14(3)4)11-10-17(7)18-12-15(5)8-9-16(18)6/h8-9,12-14,17H,10-11H2,1-7H3/t17-/m0/s1. The van der Waals surface area contributed by atoms with Crippen molar-refractivity contribution in [1.82, 2.24) is 4.90 Å². The number of hydrogen-bond acceptors (Lipinski definition) is 1. The van der Waals surface area contributed by atoms with Crippen LogP contribution in [0.3, 0.4) is 0 Å². The van der Waals surface area contributed by atoms with E-state index in [0.717, 1.165) is 0 Å². The first-order chi connectivity index (χ1) is 8.82. The molecule has 1 rings (SSSR count). The van der Waals surface area contributed by atoms with Gasteiger partial charge in [-0.25, -0.2) is 0 Å². The molecular formula is C18H31N. The van der Waals surface area contributed by atoms with Gasteiger partial charge in [-0.15, -0.1) is 0 Å². The topological polar surface area (TPSA) is 3.24 Å². The van der Waals surface area contributed by atoms with Crippen LogP contribution in [0.15, 0.2) is 18.2 Å². The monoisotopic (exact) mass is 261 g/mol. The largest absolute Gasteiger partial charge is 0.299 e. The first kappa shape index (κ1) is 16.2. The number of hydrogen-bond donors (Lipinski definition) is 0. The van der Waals surface area contributed by atoms with Gasteiger partial charge in [-0.3, -0.25) is 4.90 Å². The summed E-state index contributed by atoms with van der Waals surface area (Å²) in [5, 5.41) is 0. The van der Waals surface area contributed by atoms with Gasteiger partial charge >= 0.3 is 0 Å². The molecule has 1 aromatic rings. The molecule has 0 N–H and O–H groups in total. The third-order valence-electron chi connectivity index (χ3n) is 4.11. The first-order valence-electron chi connectivity index (χ1n) is 7.65. The summed E-state index contributed by atoms with van der Waals surface area (Å²) in [5.74, 6) is 0.639. The summed E-state index contributed by atoms with van der Waals surface area (Å²) in [6.07, 6.45) is 1.24. The predicted molar refractivity (Wildman–Crippen MR) is 85.9 cm³/mol. The van der Waals surface area contributed by atoms with Gasteiger partial charge in [0.1, 0.15) is 0 Å². The van der Waals surface area contributed by atoms with Crippen molar-refractivity contribution in [3.05, 3.63) is 34.9 Å². The van der Waals surface area contributed by atoms with E-state index in [4.69, 9.17) is 0 Å². The fraction of sp³-hybridized carbons (Fsp3) is 0.667. The molecule has 0 saturated carbocycles. The van der Waals surface area contributed by atoms with E-state index in [-0.39, 0.29) is 0 Å². The molecule has 0 aliphatic rings. The molecule has 19 heavy (non-hydrogen) atoms. The molecule has 0 aliphatic carbocycles. The van der Waals surface area contributed by atoms with Gasteiger partial charge in [-0.05, 0) is 71.6 Å².